The van der Waals surface area contributed by atoms with Crippen LogP contribution in [-0.4, -0.2) is 20.9 Å². The number of hydrogen-bond acceptors (Lipinski definition) is 3. The number of halogens is 1. The van der Waals surface area contributed by atoms with Crippen molar-refractivity contribution in [1.82, 2.24) is 9.78 Å². The predicted octanol–water partition coefficient (Wildman–Crippen LogP) is 2.62. The first-order valence-electron chi connectivity index (χ1n) is 5.72. The van der Waals surface area contributed by atoms with E-state index in [0.717, 1.165) is 5.69 Å². The summed E-state index contributed by atoms with van der Waals surface area (Å²) in [4.78, 5) is 11.4. The lowest BCUT2D eigenvalue weighted by molar-refractivity contribution is -0.138. The lowest BCUT2D eigenvalue weighted by atomic mass is 10.1. The van der Waals surface area contributed by atoms with Gasteiger partial charge in [0.15, 0.2) is 6.04 Å². The van der Waals surface area contributed by atoms with Gasteiger partial charge in [-0.3, -0.25) is 4.68 Å². The molecule has 0 radical (unpaired) electrons. The highest BCUT2D eigenvalue weighted by Gasteiger charge is 2.23. The van der Waals surface area contributed by atoms with Gasteiger partial charge < -0.3 is 10.4 Å². The molecular weight excluding hydrogens is 266 g/mol. The molecule has 6 heteroatoms. The topological polar surface area (TPSA) is 67.2 Å². The zero-order valence-corrected chi connectivity index (χ0v) is 11.3. The number of carboxylic acids is 1. The Morgan fingerprint density at radius 1 is 1.53 bits per heavy atom. The van der Waals surface area contributed by atoms with Gasteiger partial charge in [-0.1, -0.05) is 17.7 Å². The number of aliphatic carboxylic acids is 1. The molecule has 0 saturated heterocycles. The summed E-state index contributed by atoms with van der Waals surface area (Å²) in [5.74, 6) is -0.962. The van der Waals surface area contributed by atoms with Crippen LogP contribution in [0.25, 0.3) is 0 Å². The normalized spacial score (nSPS) is 12.2. The van der Waals surface area contributed by atoms with E-state index in [9.17, 15) is 9.90 Å². The molecule has 0 aliphatic heterocycles. The number of aryl methyl sites for hydroxylation is 1. The summed E-state index contributed by atoms with van der Waals surface area (Å²) < 4.78 is 1.64. The number of hydrogen-bond donors (Lipinski definition) is 2. The Kier molecular flexibility index (Phi) is 3.76. The Morgan fingerprint density at radius 2 is 2.26 bits per heavy atom. The SMILES string of the molecule is Cc1c(C(Nc2cccc(Cl)c2)C(=O)O)cnn1C. The van der Waals surface area contributed by atoms with Gasteiger partial charge in [0.2, 0.25) is 0 Å². The van der Waals surface area contributed by atoms with E-state index in [1.807, 2.05) is 6.92 Å². The lowest BCUT2D eigenvalue weighted by Crippen LogP contribution is -2.21. The third kappa shape index (κ3) is 2.88. The molecule has 1 unspecified atom stereocenters. The minimum absolute atomic E-state index is 0.553. The van der Waals surface area contributed by atoms with Crippen LogP contribution in [0.15, 0.2) is 30.5 Å². The first kappa shape index (κ1) is 13.4. The number of carboxylic acid groups (broad SMARTS) is 1. The smallest absolute Gasteiger partial charge is 0.330 e. The van der Waals surface area contributed by atoms with E-state index < -0.39 is 12.0 Å². The van der Waals surface area contributed by atoms with Crippen molar-refractivity contribution in [2.45, 2.75) is 13.0 Å². The van der Waals surface area contributed by atoms with E-state index in [1.165, 1.54) is 0 Å². The number of nitrogens with zero attached hydrogens (tertiary/aromatic N) is 2. The second kappa shape index (κ2) is 5.32. The van der Waals surface area contributed by atoms with Gasteiger partial charge in [0.05, 0.1) is 6.20 Å². The van der Waals surface area contributed by atoms with Gasteiger partial charge in [0.1, 0.15) is 0 Å². The van der Waals surface area contributed by atoms with Crippen LogP contribution >= 0.6 is 11.6 Å². The summed E-state index contributed by atoms with van der Waals surface area (Å²) in [6, 6.07) is 6.10. The first-order valence-corrected chi connectivity index (χ1v) is 6.10. The lowest BCUT2D eigenvalue weighted by Gasteiger charge is -2.15. The first-order chi connectivity index (χ1) is 8.99. The van der Waals surface area contributed by atoms with Crippen LogP contribution < -0.4 is 5.32 Å². The molecule has 1 aromatic carbocycles. The molecule has 2 rings (SSSR count). The zero-order valence-electron chi connectivity index (χ0n) is 10.6. The molecular formula is C13H14ClN3O2. The highest BCUT2D eigenvalue weighted by atomic mass is 35.5. The summed E-state index contributed by atoms with van der Waals surface area (Å²) in [6.07, 6.45) is 1.56. The maximum absolute atomic E-state index is 11.4. The minimum atomic E-state index is -0.962. The van der Waals surface area contributed by atoms with Gasteiger partial charge in [-0.25, -0.2) is 4.79 Å². The molecule has 19 heavy (non-hydrogen) atoms. The minimum Gasteiger partial charge on any atom is -0.479 e. The van der Waals surface area contributed by atoms with Crippen LogP contribution in [-0.2, 0) is 11.8 Å². The summed E-state index contributed by atoms with van der Waals surface area (Å²) in [6.45, 7) is 1.83. The molecule has 0 saturated carbocycles. The van der Waals surface area contributed by atoms with Crippen LogP contribution in [0.4, 0.5) is 5.69 Å². The number of nitrogens with one attached hydrogen (secondary N) is 1. The Bertz CT molecular complexity index is 610. The molecule has 0 aliphatic rings. The van der Waals surface area contributed by atoms with Crippen LogP contribution in [0.1, 0.15) is 17.3 Å². The zero-order chi connectivity index (χ0) is 14.0. The molecule has 100 valence electrons. The van der Waals surface area contributed by atoms with Gasteiger partial charge >= 0.3 is 5.97 Å². The summed E-state index contributed by atoms with van der Waals surface area (Å²) >= 11 is 5.89. The summed E-state index contributed by atoms with van der Waals surface area (Å²) in [5, 5.41) is 16.9. The van der Waals surface area contributed by atoms with Gasteiger partial charge in [0.25, 0.3) is 0 Å². The van der Waals surface area contributed by atoms with Crippen LogP contribution in [0.5, 0.6) is 0 Å². The van der Waals surface area contributed by atoms with Crippen LogP contribution in [0, 0.1) is 6.92 Å². The molecule has 0 fully saturated rings. The Labute approximate surface area is 115 Å². The molecule has 1 aromatic heterocycles. The molecule has 1 atom stereocenters. The molecule has 1 heterocycles. The van der Waals surface area contributed by atoms with E-state index in [0.29, 0.717) is 16.3 Å². The Balaban J connectivity index is 2.32. The van der Waals surface area contributed by atoms with Crippen LogP contribution in [0.2, 0.25) is 5.02 Å². The van der Waals surface area contributed by atoms with E-state index >= 15 is 0 Å². The van der Waals surface area contributed by atoms with Crippen molar-refractivity contribution in [3.63, 3.8) is 0 Å². The Morgan fingerprint density at radius 3 is 2.79 bits per heavy atom. The molecule has 5 nitrogen and oxygen atoms in total. The van der Waals surface area contributed by atoms with Crippen molar-refractivity contribution in [3.05, 3.63) is 46.7 Å². The average molecular weight is 280 g/mol. The Hall–Kier alpha value is -2.01. The van der Waals surface area contributed by atoms with Crippen molar-refractivity contribution in [2.24, 2.45) is 7.05 Å². The fraction of sp³-hybridized carbons (Fsp3) is 0.231. The molecule has 0 aliphatic carbocycles. The number of anilines is 1. The molecule has 0 spiro atoms. The van der Waals surface area contributed by atoms with Crippen molar-refractivity contribution in [3.8, 4) is 0 Å². The summed E-state index contributed by atoms with van der Waals surface area (Å²) in [7, 11) is 1.77. The number of aromatic nitrogens is 2. The van der Waals surface area contributed by atoms with E-state index in [1.54, 1.807) is 42.2 Å². The highest BCUT2D eigenvalue weighted by Crippen LogP contribution is 2.24. The molecule has 0 amide bonds. The second-order valence-electron chi connectivity index (χ2n) is 4.23. The van der Waals surface area contributed by atoms with Crippen LogP contribution in [0.3, 0.4) is 0 Å². The fourth-order valence-corrected chi connectivity index (χ4v) is 2.01. The van der Waals surface area contributed by atoms with Gasteiger partial charge in [-0.15, -0.1) is 0 Å². The largest absolute Gasteiger partial charge is 0.479 e. The quantitative estimate of drug-likeness (QED) is 0.903. The van der Waals surface area contributed by atoms with Gasteiger partial charge in [-0.2, -0.15) is 5.10 Å². The molecule has 2 N–H and O–H groups in total. The van der Waals surface area contributed by atoms with Gasteiger partial charge in [0, 0.05) is 29.0 Å². The predicted molar refractivity (Wildman–Crippen MR) is 73.4 cm³/mol. The van der Waals surface area contributed by atoms with Crippen molar-refractivity contribution >= 4 is 23.3 Å². The second-order valence-corrected chi connectivity index (χ2v) is 4.67. The number of benzene rings is 1. The third-order valence-electron chi connectivity index (χ3n) is 2.97. The van der Waals surface area contributed by atoms with E-state index in [4.69, 9.17) is 11.6 Å². The number of rotatable bonds is 4. The average Bonchev–Trinajstić information content (AvgIpc) is 2.67. The van der Waals surface area contributed by atoms with Crippen molar-refractivity contribution < 1.29 is 9.90 Å². The monoisotopic (exact) mass is 279 g/mol. The molecule has 2 aromatic rings. The van der Waals surface area contributed by atoms with Gasteiger partial charge in [-0.05, 0) is 25.1 Å². The van der Waals surface area contributed by atoms with Crippen molar-refractivity contribution in [2.75, 3.05) is 5.32 Å². The van der Waals surface area contributed by atoms with Crippen molar-refractivity contribution in [1.29, 1.82) is 0 Å². The maximum Gasteiger partial charge on any atom is 0.330 e. The summed E-state index contributed by atoms with van der Waals surface area (Å²) in [5.41, 5.74) is 2.10. The molecule has 0 bridgehead atoms. The maximum atomic E-state index is 11.4. The van der Waals surface area contributed by atoms with E-state index in [-0.39, 0.29) is 0 Å². The highest BCUT2D eigenvalue weighted by molar-refractivity contribution is 6.30. The number of carbonyl (C=O) groups is 1. The fourth-order valence-electron chi connectivity index (χ4n) is 1.82. The van der Waals surface area contributed by atoms with E-state index in [2.05, 4.69) is 10.4 Å². The third-order valence-corrected chi connectivity index (χ3v) is 3.20. The standard InChI is InChI=1S/C13H14ClN3O2/c1-8-11(7-15-17(8)2)12(13(18)19)16-10-5-3-4-9(14)6-10/h3-7,12,16H,1-2H3,(H,18,19).